The number of aromatic nitrogens is 2. The molecule has 1 aromatic carbocycles. The molecule has 0 N–H and O–H groups in total. The third-order valence-corrected chi connectivity index (χ3v) is 7.50. The van der Waals surface area contributed by atoms with E-state index in [2.05, 4.69) is 23.7 Å². The number of hydrogen-bond donors (Lipinski definition) is 0. The molecule has 2 fully saturated rings. The molecule has 38 heavy (non-hydrogen) atoms. The SMILES string of the molecule is COc1cc(-c2cnc3cc(OCC4CCCN(C(C)C)C4)ccn23)cc(OC(F)F)c1C(=O)CC1CC1. The molecule has 1 atom stereocenters. The second kappa shape index (κ2) is 11.3. The molecule has 0 radical (unpaired) electrons. The van der Waals surface area contributed by atoms with Crippen molar-refractivity contribution < 1.29 is 27.8 Å². The summed E-state index contributed by atoms with van der Waals surface area (Å²) in [5.74, 6) is 1.30. The van der Waals surface area contributed by atoms with Gasteiger partial charge in [0.2, 0.25) is 0 Å². The van der Waals surface area contributed by atoms with Gasteiger partial charge in [0.1, 0.15) is 28.5 Å². The topological polar surface area (TPSA) is 65.3 Å². The quantitative estimate of drug-likeness (QED) is 0.281. The van der Waals surface area contributed by atoms with E-state index in [0.29, 0.717) is 47.8 Å². The van der Waals surface area contributed by atoms with Crippen LogP contribution in [-0.2, 0) is 0 Å². The Morgan fingerprint density at radius 2 is 1.92 bits per heavy atom. The Morgan fingerprint density at radius 1 is 1.13 bits per heavy atom. The number of rotatable bonds is 11. The first kappa shape index (κ1) is 26.4. The molecule has 3 heterocycles. The molecule has 2 aliphatic rings. The van der Waals surface area contributed by atoms with Crippen LogP contribution in [0.3, 0.4) is 0 Å². The molecule has 0 spiro atoms. The fourth-order valence-corrected chi connectivity index (χ4v) is 5.23. The molecule has 0 amide bonds. The van der Waals surface area contributed by atoms with Crippen LogP contribution in [0, 0.1) is 11.8 Å². The zero-order valence-corrected chi connectivity index (χ0v) is 22.2. The number of imidazole rings is 1. The largest absolute Gasteiger partial charge is 0.496 e. The maximum Gasteiger partial charge on any atom is 0.387 e. The summed E-state index contributed by atoms with van der Waals surface area (Å²) < 4.78 is 44.9. The fourth-order valence-electron chi connectivity index (χ4n) is 5.23. The number of hydrogen-bond acceptors (Lipinski definition) is 6. The molecule has 9 heteroatoms. The van der Waals surface area contributed by atoms with E-state index in [4.69, 9.17) is 14.2 Å². The van der Waals surface area contributed by atoms with Crippen LogP contribution in [-0.4, -0.2) is 59.5 Å². The van der Waals surface area contributed by atoms with Crippen LogP contribution >= 0.6 is 0 Å². The first-order valence-electron chi connectivity index (χ1n) is 13.4. The van der Waals surface area contributed by atoms with Crippen molar-refractivity contribution in [1.29, 1.82) is 0 Å². The summed E-state index contributed by atoms with van der Waals surface area (Å²) in [7, 11) is 1.42. The summed E-state index contributed by atoms with van der Waals surface area (Å²) in [5, 5.41) is 0. The smallest absolute Gasteiger partial charge is 0.387 e. The maximum atomic E-state index is 13.3. The second-order valence-corrected chi connectivity index (χ2v) is 10.6. The Kier molecular flexibility index (Phi) is 7.83. The van der Waals surface area contributed by atoms with Gasteiger partial charge in [0.25, 0.3) is 0 Å². The van der Waals surface area contributed by atoms with Gasteiger partial charge in [0, 0.05) is 42.8 Å². The van der Waals surface area contributed by atoms with E-state index >= 15 is 0 Å². The maximum absolute atomic E-state index is 13.3. The number of carbonyl (C=O) groups is 1. The number of benzene rings is 1. The van der Waals surface area contributed by atoms with E-state index in [9.17, 15) is 13.6 Å². The van der Waals surface area contributed by atoms with E-state index in [0.717, 1.165) is 38.1 Å². The molecular formula is C29H35F2N3O4. The van der Waals surface area contributed by atoms with Crippen LogP contribution < -0.4 is 14.2 Å². The minimum atomic E-state index is -3.07. The van der Waals surface area contributed by atoms with Crippen LogP contribution in [0.2, 0.25) is 0 Å². The summed E-state index contributed by atoms with van der Waals surface area (Å²) in [6, 6.07) is 7.42. The van der Waals surface area contributed by atoms with Crippen molar-refractivity contribution in [2.24, 2.45) is 11.8 Å². The van der Waals surface area contributed by atoms with Gasteiger partial charge in [-0.05, 0) is 70.2 Å². The number of likely N-dealkylation sites (tertiary alicyclic amines) is 1. The van der Waals surface area contributed by atoms with Gasteiger partial charge in [-0.1, -0.05) is 0 Å². The first-order chi connectivity index (χ1) is 18.3. The molecular weight excluding hydrogens is 492 g/mol. The van der Waals surface area contributed by atoms with E-state index in [1.54, 1.807) is 12.3 Å². The number of Topliss-reactive ketones (excluding diaryl/α,β-unsaturated/α-hetero) is 1. The molecule has 7 nitrogen and oxygen atoms in total. The van der Waals surface area contributed by atoms with Gasteiger partial charge in [-0.25, -0.2) is 4.98 Å². The van der Waals surface area contributed by atoms with E-state index in [1.165, 1.54) is 19.6 Å². The summed E-state index contributed by atoms with van der Waals surface area (Å²) >= 11 is 0. The Balaban J connectivity index is 1.38. The van der Waals surface area contributed by atoms with Crippen LogP contribution in [0.15, 0.2) is 36.7 Å². The van der Waals surface area contributed by atoms with Crippen LogP contribution in [0.5, 0.6) is 17.2 Å². The number of piperidine rings is 1. The summed E-state index contributed by atoms with van der Waals surface area (Å²) in [4.78, 5) is 19.9. The van der Waals surface area contributed by atoms with Crippen molar-refractivity contribution in [2.45, 2.75) is 58.6 Å². The summed E-state index contributed by atoms with van der Waals surface area (Å²) in [6.07, 6.45) is 8.09. The monoisotopic (exact) mass is 527 g/mol. The van der Waals surface area contributed by atoms with Gasteiger partial charge in [0.15, 0.2) is 5.78 Å². The fraction of sp³-hybridized carbons (Fsp3) is 0.517. The number of carbonyl (C=O) groups excluding carboxylic acids is 1. The van der Waals surface area contributed by atoms with E-state index in [-0.39, 0.29) is 22.8 Å². The zero-order chi connectivity index (χ0) is 26.8. The van der Waals surface area contributed by atoms with Crippen molar-refractivity contribution >= 4 is 11.4 Å². The standard InChI is InChI=1S/C29H35F2N3O4/c1-18(2)33-9-4-5-20(16-33)17-37-22-8-10-34-23(15-32-27(34)14-22)21-12-25(36-3)28(24(35)11-19-6-7-19)26(13-21)38-29(30)31/h8,10,12-15,18-20,29H,4-7,9,11,16-17H2,1-3H3. The van der Waals surface area contributed by atoms with Crippen molar-refractivity contribution in [3.8, 4) is 28.5 Å². The van der Waals surface area contributed by atoms with Gasteiger partial charge < -0.3 is 19.1 Å². The van der Waals surface area contributed by atoms with Gasteiger partial charge in [-0.2, -0.15) is 8.78 Å². The third-order valence-electron chi connectivity index (χ3n) is 7.50. The van der Waals surface area contributed by atoms with Gasteiger partial charge in [-0.3, -0.25) is 9.20 Å². The average Bonchev–Trinajstić information content (AvgIpc) is 3.61. The highest BCUT2D eigenvalue weighted by Gasteiger charge is 2.30. The Labute approximate surface area is 221 Å². The molecule has 1 saturated heterocycles. The molecule has 204 valence electrons. The highest BCUT2D eigenvalue weighted by Crippen LogP contribution is 2.40. The highest BCUT2D eigenvalue weighted by molar-refractivity contribution is 6.02. The molecule has 2 aromatic heterocycles. The summed E-state index contributed by atoms with van der Waals surface area (Å²) in [5.41, 5.74) is 1.93. The zero-order valence-electron chi connectivity index (χ0n) is 22.2. The van der Waals surface area contributed by atoms with Crippen LogP contribution in [0.25, 0.3) is 16.9 Å². The first-order valence-corrected chi connectivity index (χ1v) is 13.4. The van der Waals surface area contributed by atoms with Crippen molar-refractivity contribution in [1.82, 2.24) is 14.3 Å². The van der Waals surface area contributed by atoms with Crippen LogP contribution in [0.4, 0.5) is 8.78 Å². The van der Waals surface area contributed by atoms with Crippen molar-refractivity contribution in [2.75, 3.05) is 26.8 Å². The lowest BCUT2D eigenvalue weighted by Crippen LogP contribution is -2.41. The lowest BCUT2D eigenvalue weighted by molar-refractivity contribution is -0.0502. The predicted molar refractivity (Wildman–Crippen MR) is 140 cm³/mol. The molecule has 1 aliphatic heterocycles. The summed E-state index contributed by atoms with van der Waals surface area (Å²) in [6.45, 7) is 4.21. The Morgan fingerprint density at radius 3 is 2.63 bits per heavy atom. The Bertz CT molecular complexity index is 1290. The van der Waals surface area contributed by atoms with E-state index in [1.807, 2.05) is 22.7 Å². The molecule has 5 rings (SSSR count). The molecule has 1 aliphatic carbocycles. The van der Waals surface area contributed by atoms with Gasteiger partial charge >= 0.3 is 6.61 Å². The molecule has 0 bridgehead atoms. The molecule has 1 unspecified atom stereocenters. The molecule has 1 saturated carbocycles. The number of alkyl halides is 2. The number of halogens is 2. The van der Waals surface area contributed by atoms with Gasteiger partial charge in [0.05, 0.1) is 25.6 Å². The Hall–Kier alpha value is -3.20. The molecule has 3 aromatic rings. The highest BCUT2D eigenvalue weighted by atomic mass is 19.3. The number of nitrogens with zero attached hydrogens (tertiary/aromatic N) is 3. The predicted octanol–water partition coefficient (Wildman–Crippen LogP) is 6.09. The number of fused-ring (bicyclic) bond motifs is 1. The minimum absolute atomic E-state index is 0.0618. The number of ether oxygens (including phenoxy) is 3. The van der Waals surface area contributed by atoms with E-state index < -0.39 is 6.61 Å². The number of methoxy groups -OCH3 is 1. The minimum Gasteiger partial charge on any atom is -0.496 e. The third kappa shape index (κ3) is 5.93. The van der Waals surface area contributed by atoms with Crippen LogP contribution in [0.1, 0.15) is 56.3 Å². The normalized spacial score (nSPS) is 18.3. The number of ketones is 1. The second-order valence-electron chi connectivity index (χ2n) is 10.6. The van der Waals surface area contributed by atoms with Crippen molar-refractivity contribution in [3.05, 3.63) is 42.2 Å². The number of pyridine rings is 1. The van der Waals surface area contributed by atoms with Crippen molar-refractivity contribution in [3.63, 3.8) is 0 Å². The van der Waals surface area contributed by atoms with Gasteiger partial charge in [-0.15, -0.1) is 0 Å². The lowest BCUT2D eigenvalue weighted by Gasteiger charge is -2.35. The lowest BCUT2D eigenvalue weighted by atomic mass is 9.98. The average molecular weight is 528 g/mol.